The van der Waals surface area contributed by atoms with Crippen LogP contribution < -0.4 is 13.8 Å². The summed E-state index contributed by atoms with van der Waals surface area (Å²) < 4.78 is 61.8. The molecule has 1 N–H and O–H groups in total. The largest absolute Gasteiger partial charge is 0.496 e. The van der Waals surface area contributed by atoms with Gasteiger partial charge in [-0.1, -0.05) is 6.07 Å². The molecule has 0 atom stereocenters. The first-order chi connectivity index (χ1) is 15.1. The SMILES string of the molecule is COc1cc(C)c(S(=O)(=O)Nc2ccc3c(c2)CCCN3S(=O)(=O)c2cccs2)cc1C. The Morgan fingerprint density at radius 1 is 1.03 bits per heavy atom. The number of rotatable bonds is 6. The molecule has 0 spiro atoms. The number of fused-ring (bicyclic) bond motifs is 1. The van der Waals surface area contributed by atoms with E-state index in [2.05, 4.69) is 4.72 Å². The molecule has 0 saturated carbocycles. The van der Waals surface area contributed by atoms with Crippen molar-refractivity contribution in [1.29, 1.82) is 0 Å². The molecule has 0 radical (unpaired) electrons. The van der Waals surface area contributed by atoms with Crippen molar-refractivity contribution in [3.63, 3.8) is 0 Å². The summed E-state index contributed by atoms with van der Waals surface area (Å²) in [5.41, 5.74) is 3.07. The number of nitrogens with one attached hydrogen (secondary N) is 1. The molecule has 0 fully saturated rings. The third-order valence-electron chi connectivity index (χ3n) is 5.43. The van der Waals surface area contributed by atoms with Gasteiger partial charge in [0.1, 0.15) is 9.96 Å². The topological polar surface area (TPSA) is 92.8 Å². The fourth-order valence-electron chi connectivity index (χ4n) is 3.88. The predicted molar refractivity (Wildman–Crippen MR) is 127 cm³/mol. The number of thiophene rings is 1. The molecule has 10 heteroatoms. The van der Waals surface area contributed by atoms with Crippen LogP contribution in [0.25, 0.3) is 0 Å². The number of methoxy groups -OCH3 is 1. The van der Waals surface area contributed by atoms with Gasteiger partial charge in [0.25, 0.3) is 20.0 Å². The molecule has 0 amide bonds. The third kappa shape index (κ3) is 4.10. The lowest BCUT2D eigenvalue weighted by Crippen LogP contribution is -2.35. The molecule has 3 aromatic rings. The minimum absolute atomic E-state index is 0.176. The van der Waals surface area contributed by atoms with Gasteiger partial charge in [0.05, 0.1) is 17.7 Å². The van der Waals surface area contributed by atoms with Crippen molar-refractivity contribution in [1.82, 2.24) is 0 Å². The van der Waals surface area contributed by atoms with Gasteiger partial charge in [0, 0.05) is 12.2 Å². The van der Waals surface area contributed by atoms with E-state index in [1.54, 1.807) is 68.8 Å². The van der Waals surface area contributed by atoms with Crippen LogP contribution in [0.4, 0.5) is 11.4 Å². The minimum Gasteiger partial charge on any atom is -0.496 e. The summed E-state index contributed by atoms with van der Waals surface area (Å²) in [6.45, 7) is 3.90. The predicted octanol–water partition coefficient (Wildman–Crippen LogP) is 4.32. The van der Waals surface area contributed by atoms with Crippen LogP contribution >= 0.6 is 11.3 Å². The summed E-state index contributed by atoms with van der Waals surface area (Å²) in [6, 6.07) is 11.6. The Morgan fingerprint density at radius 3 is 2.50 bits per heavy atom. The van der Waals surface area contributed by atoms with E-state index in [1.807, 2.05) is 0 Å². The Hall–Kier alpha value is -2.56. The van der Waals surface area contributed by atoms with Gasteiger partial charge in [-0.05, 0) is 85.2 Å². The lowest BCUT2D eigenvalue weighted by Gasteiger charge is -2.30. The van der Waals surface area contributed by atoms with Crippen molar-refractivity contribution >= 4 is 42.8 Å². The summed E-state index contributed by atoms with van der Waals surface area (Å²) in [5.74, 6) is 0.627. The molecule has 0 saturated heterocycles. The highest BCUT2D eigenvalue weighted by Crippen LogP contribution is 2.35. The van der Waals surface area contributed by atoms with E-state index >= 15 is 0 Å². The van der Waals surface area contributed by atoms with E-state index in [-0.39, 0.29) is 4.90 Å². The van der Waals surface area contributed by atoms with Crippen LogP contribution in [-0.2, 0) is 26.5 Å². The highest BCUT2D eigenvalue weighted by atomic mass is 32.2. The van der Waals surface area contributed by atoms with Gasteiger partial charge in [0.15, 0.2) is 0 Å². The number of hydrogen-bond donors (Lipinski definition) is 1. The molecule has 0 unspecified atom stereocenters. The zero-order valence-corrected chi connectivity index (χ0v) is 20.4. The fraction of sp³-hybridized carbons (Fsp3) is 0.273. The Balaban J connectivity index is 1.66. The quantitative estimate of drug-likeness (QED) is 0.553. The van der Waals surface area contributed by atoms with Crippen LogP contribution in [0.1, 0.15) is 23.1 Å². The maximum absolute atomic E-state index is 13.1. The van der Waals surface area contributed by atoms with E-state index in [9.17, 15) is 16.8 Å². The Labute approximate surface area is 192 Å². The Morgan fingerprint density at radius 2 is 1.81 bits per heavy atom. The molecule has 7 nitrogen and oxygen atoms in total. The van der Waals surface area contributed by atoms with E-state index in [1.165, 1.54) is 15.6 Å². The molecule has 32 heavy (non-hydrogen) atoms. The molecule has 0 bridgehead atoms. The summed E-state index contributed by atoms with van der Waals surface area (Å²) >= 11 is 1.18. The number of aryl methyl sites for hydroxylation is 3. The Kier molecular flexibility index (Phi) is 5.95. The van der Waals surface area contributed by atoms with Gasteiger partial charge < -0.3 is 4.74 Å². The van der Waals surface area contributed by atoms with E-state index < -0.39 is 20.0 Å². The van der Waals surface area contributed by atoms with Crippen LogP contribution in [-0.4, -0.2) is 30.5 Å². The number of ether oxygens (including phenoxy) is 1. The second-order valence-corrected chi connectivity index (χ2v) is 12.3. The van der Waals surface area contributed by atoms with Gasteiger partial charge in [-0.2, -0.15) is 0 Å². The van der Waals surface area contributed by atoms with Crippen LogP contribution in [0, 0.1) is 13.8 Å². The first-order valence-electron chi connectivity index (χ1n) is 10.0. The number of sulfonamides is 2. The van der Waals surface area contributed by atoms with Crippen LogP contribution in [0.15, 0.2) is 56.9 Å². The van der Waals surface area contributed by atoms with Crippen molar-refractivity contribution in [3.05, 3.63) is 64.5 Å². The summed E-state index contributed by atoms with van der Waals surface area (Å²) in [7, 11) is -5.93. The van der Waals surface area contributed by atoms with Crippen LogP contribution in [0.5, 0.6) is 5.75 Å². The molecule has 1 aromatic heterocycles. The monoisotopic (exact) mass is 492 g/mol. The van der Waals surface area contributed by atoms with Gasteiger partial charge in [0.2, 0.25) is 0 Å². The summed E-state index contributed by atoms with van der Waals surface area (Å²) in [5, 5.41) is 1.73. The number of nitrogens with zero attached hydrogens (tertiary/aromatic N) is 1. The minimum atomic E-state index is -3.83. The van der Waals surface area contributed by atoms with Crippen molar-refractivity contribution in [2.45, 2.75) is 35.8 Å². The zero-order valence-electron chi connectivity index (χ0n) is 18.0. The molecule has 2 aromatic carbocycles. The lowest BCUT2D eigenvalue weighted by molar-refractivity contribution is 0.411. The molecule has 1 aliphatic rings. The second-order valence-electron chi connectivity index (χ2n) is 7.65. The summed E-state index contributed by atoms with van der Waals surface area (Å²) in [4.78, 5) is 0.176. The van der Waals surface area contributed by atoms with Crippen molar-refractivity contribution < 1.29 is 21.6 Å². The fourth-order valence-corrected chi connectivity index (χ4v) is 7.89. The molecule has 170 valence electrons. The standard InChI is InChI=1S/C22H24N2O5S3/c1-15-13-21(16(2)12-20(15)29-3)31(25,26)23-18-8-9-19-17(14-18)6-4-10-24(19)32(27,28)22-7-5-11-30-22/h5,7-9,11-14,23H,4,6,10H2,1-3H3. The van der Waals surface area contributed by atoms with Gasteiger partial charge in [-0.25, -0.2) is 16.8 Å². The molecular weight excluding hydrogens is 468 g/mol. The van der Waals surface area contributed by atoms with Crippen LogP contribution in [0.2, 0.25) is 0 Å². The first kappa shape index (κ1) is 22.6. The molecule has 2 heterocycles. The van der Waals surface area contributed by atoms with E-state index in [4.69, 9.17) is 4.74 Å². The Bertz CT molecular complexity index is 1360. The first-order valence-corrected chi connectivity index (χ1v) is 13.8. The lowest BCUT2D eigenvalue weighted by atomic mass is 10.0. The van der Waals surface area contributed by atoms with Gasteiger partial charge >= 0.3 is 0 Å². The average molecular weight is 493 g/mol. The maximum Gasteiger partial charge on any atom is 0.273 e. The van der Waals surface area contributed by atoms with E-state index in [0.717, 1.165) is 11.1 Å². The normalized spacial score (nSPS) is 14.2. The highest BCUT2D eigenvalue weighted by molar-refractivity contribution is 7.94. The second kappa shape index (κ2) is 8.42. The number of benzene rings is 2. The summed E-state index contributed by atoms with van der Waals surface area (Å²) in [6.07, 6.45) is 1.33. The van der Waals surface area contributed by atoms with E-state index in [0.29, 0.717) is 46.3 Å². The van der Waals surface area contributed by atoms with Crippen molar-refractivity contribution in [3.8, 4) is 5.75 Å². The van der Waals surface area contributed by atoms with Crippen molar-refractivity contribution in [2.24, 2.45) is 0 Å². The highest BCUT2D eigenvalue weighted by Gasteiger charge is 2.30. The maximum atomic E-state index is 13.1. The number of hydrogen-bond acceptors (Lipinski definition) is 6. The number of anilines is 2. The molecular formula is C22H24N2O5S3. The molecule has 1 aliphatic heterocycles. The zero-order chi connectivity index (χ0) is 23.1. The molecule has 4 rings (SSSR count). The smallest absolute Gasteiger partial charge is 0.273 e. The van der Waals surface area contributed by atoms with Gasteiger partial charge in [-0.15, -0.1) is 11.3 Å². The average Bonchev–Trinajstić information content (AvgIpc) is 3.30. The molecule has 0 aliphatic carbocycles. The van der Waals surface area contributed by atoms with Crippen LogP contribution in [0.3, 0.4) is 0 Å². The third-order valence-corrected chi connectivity index (χ3v) is 10.1. The van der Waals surface area contributed by atoms with Gasteiger partial charge in [-0.3, -0.25) is 9.03 Å². The van der Waals surface area contributed by atoms with Crippen molar-refractivity contribution in [2.75, 3.05) is 22.7 Å².